The van der Waals surface area contributed by atoms with Crippen molar-refractivity contribution < 1.29 is 9.53 Å². The summed E-state index contributed by atoms with van der Waals surface area (Å²) >= 11 is 0. The number of carbonyl (C=O) groups excluding carboxylic acids is 1. The van der Waals surface area contributed by atoms with Gasteiger partial charge in [0, 0.05) is 0 Å². The molecule has 0 N–H and O–H groups in total. The van der Waals surface area contributed by atoms with Gasteiger partial charge in [-0.15, -0.1) is 0 Å². The predicted molar refractivity (Wildman–Crippen MR) is 156 cm³/mol. The largest absolute Gasteiger partial charge is 0.426 e. The Morgan fingerprint density at radius 3 is 1.65 bits per heavy atom. The van der Waals surface area contributed by atoms with E-state index < -0.39 is 0 Å². The Morgan fingerprint density at radius 2 is 1.14 bits per heavy atom. The summed E-state index contributed by atoms with van der Waals surface area (Å²) in [5.74, 6) is 5.25. The highest BCUT2D eigenvalue weighted by Gasteiger charge is 2.33. The summed E-state index contributed by atoms with van der Waals surface area (Å²) in [5.41, 5.74) is 1.44. The van der Waals surface area contributed by atoms with Crippen molar-refractivity contribution in [3.63, 3.8) is 0 Å². The zero-order valence-electron chi connectivity index (χ0n) is 24.2. The average Bonchev–Trinajstić information content (AvgIpc) is 2.95. The molecule has 3 saturated carbocycles. The summed E-state index contributed by atoms with van der Waals surface area (Å²) in [6.07, 6.45) is 26.9. The summed E-state index contributed by atoms with van der Waals surface area (Å²) in [7, 11) is 0. The van der Waals surface area contributed by atoms with Gasteiger partial charge in [0.2, 0.25) is 0 Å². The molecule has 0 amide bonds. The second kappa shape index (κ2) is 15.3. The van der Waals surface area contributed by atoms with E-state index in [4.69, 9.17) is 4.74 Å². The molecule has 0 atom stereocenters. The number of hydrogen-bond donors (Lipinski definition) is 0. The number of unbranched alkanes of at least 4 members (excludes halogenated alkanes) is 4. The van der Waals surface area contributed by atoms with E-state index in [1.807, 2.05) is 12.1 Å². The maximum Gasteiger partial charge on any atom is 0.314 e. The first kappa shape index (κ1) is 28.7. The smallest absolute Gasteiger partial charge is 0.314 e. The molecule has 208 valence electrons. The Hall–Kier alpha value is -1.31. The lowest BCUT2D eigenvalue weighted by molar-refractivity contribution is -0.140. The Balaban J connectivity index is 1.14. The molecular weight excluding hydrogens is 452 g/mol. The molecule has 3 aliphatic carbocycles. The maximum absolute atomic E-state index is 12.9. The molecule has 0 radical (unpaired) electrons. The fourth-order valence-corrected chi connectivity index (χ4v) is 7.93. The van der Waals surface area contributed by atoms with Gasteiger partial charge in [0.25, 0.3) is 0 Å². The van der Waals surface area contributed by atoms with Crippen LogP contribution in [0.25, 0.3) is 0 Å². The van der Waals surface area contributed by atoms with Crippen LogP contribution in [0, 0.1) is 29.6 Å². The van der Waals surface area contributed by atoms with Crippen molar-refractivity contribution in [2.75, 3.05) is 0 Å². The number of benzene rings is 1. The summed E-state index contributed by atoms with van der Waals surface area (Å²) in [5, 5.41) is 0. The van der Waals surface area contributed by atoms with Crippen LogP contribution in [-0.2, 0) is 4.79 Å². The molecule has 2 nitrogen and oxygen atoms in total. The van der Waals surface area contributed by atoms with E-state index in [1.165, 1.54) is 121 Å². The molecule has 1 aromatic rings. The van der Waals surface area contributed by atoms with E-state index >= 15 is 0 Å². The summed E-state index contributed by atoms with van der Waals surface area (Å²) < 4.78 is 5.87. The molecule has 0 unspecified atom stereocenters. The summed E-state index contributed by atoms with van der Waals surface area (Å²) in [6.45, 7) is 4.60. The van der Waals surface area contributed by atoms with E-state index in [2.05, 4.69) is 26.0 Å². The number of esters is 1. The van der Waals surface area contributed by atoms with Crippen molar-refractivity contribution in [1.82, 2.24) is 0 Å². The lowest BCUT2D eigenvalue weighted by atomic mass is 9.68. The van der Waals surface area contributed by atoms with Crippen molar-refractivity contribution in [2.45, 2.75) is 148 Å². The third-order valence-electron chi connectivity index (χ3n) is 10.5. The van der Waals surface area contributed by atoms with Crippen LogP contribution in [0.5, 0.6) is 5.75 Å². The number of carbonyl (C=O) groups is 1. The van der Waals surface area contributed by atoms with Crippen molar-refractivity contribution in [2.24, 2.45) is 29.6 Å². The van der Waals surface area contributed by atoms with Crippen LogP contribution in [-0.4, -0.2) is 5.97 Å². The highest BCUT2D eigenvalue weighted by molar-refractivity contribution is 5.75. The van der Waals surface area contributed by atoms with Crippen molar-refractivity contribution >= 4 is 5.97 Å². The fraction of sp³-hybridized carbons (Fsp3) is 0.800. The van der Waals surface area contributed by atoms with Gasteiger partial charge in [-0.2, -0.15) is 0 Å². The Morgan fingerprint density at radius 1 is 0.649 bits per heavy atom. The monoisotopic (exact) mass is 508 g/mol. The van der Waals surface area contributed by atoms with Gasteiger partial charge < -0.3 is 4.74 Å². The zero-order valence-corrected chi connectivity index (χ0v) is 24.2. The van der Waals surface area contributed by atoms with E-state index in [9.17, 15) is 4.79 Å². The van der Waals surface area contributed by atoms with E-state index in [0.717, 1.165) is 42.3 Å². The molecule has 0 aromatic heterocycles. The lowest BCUT2D eigenvalue weighted by Crippen LogP contribution is -2.30. The van der Waals surface area contributed by atoms with Crippen LogP contribution in [0.3, 0.4) is 0 Å². The highest BCUT2D eigenvalue weighted by Crippen LogP contribution is 2.43. The molecule has 1 aromatic carbocycles. The first-order valence-electron chi connectivity index (χ1n) is 16.5. The SMILES string of the molecule is CCCCCC1CCC(c2ccc(OC(=O)C3CCC(C4CCC(CCCCC)CC4)CC3)cc2)CC1. The van der Waals surface area contributed by atoms with Gasteiger partial charge >= 0.3 is 5.97 Å². The Bertz CT molecular complexity index is 759. The maximum atomic E-state index is 12.9. The van der Waals surface area contributed by atoms with Crippen LogP contribution in [0.15, 0.2) is 24.3 Å². The molecule has 0 aliphatic heterocycles. The van der Waals surface area contributed by atoms with E-state index in [-0.39, 0.29) is 11.9 Å². The van der Waals surface area contributed by atoms with Crippen LogP contribution in [0.1, 0.15) is 154 Å². The van der Waals surface area contributed by atoms with Gasteiger partial charge in [-0.3, -0.25) is 4.79 Å². The quantitative estimate of drug-likeness (QED) is 0.159. The minimum Gasteiger partial charge on any atom is -0.426 e. The molecule has 0 heterocycles. The van der Waals surface area contributed by atoms with E-state index in [0.29, 0.717) is 5.92 Å². The predicted octanol–water partition coefficient (Wildman–Crippen LogP) is 10.6. The minimum atomic E-state index is 0.0124. The first-order chi connectivity index (χ1) is 18.2. The van der Waals surface area contributed by atoms with Crippen LogP contribution >= 0.6 is 0 Å². The third kappa shape index (κ3) is 8.86. The molecular formula is C35H56O2. The van der Waals surface area contributed by atoms with E-state index in [1.54, 1.807) is 0 Å². The number of ether oxygens (including phenoxy) is 1. The lowest BCUT2D eigenvalue weighted by Gasteiger charge is -2.37. The molecule has 3 aliphatic rings. The highest BCUT2D eigenvalue weighted by atomic mass is 16.5. The third-order valence-corrected chi connectivity index (χ3v) is 10.5. The summed E-state index contributed by atoms with van der Waals surface area (Å²) in [4.78, 5) is 12.9. The van der Waals surface area contributed by atoms with Crippen molar-refractivity contribution in [3.8, 4) is 5.75 Å². The standard InChI is InChI=1S/C35H56O2/c1-3-5-7-9-27-11-15-29(16-12-27)31-19-21-33(22-20-31)35(36)37-34-25-23-32(24-26-34)30-17-13-28(14-18-30)10-8-6-4-2/h23-31,33H,3-22H2,1-2H3. The molecule has 4 rings (SSSR count). The molecule has 2 heteroatoms. The molecule has 0 bridgehead atoms. The Kier molecular flexibility index (Phi) is 11.9. The van der Waals surface area contributed by atoms with Crippen molar-refractivity contribution in [1.29, 1.82) is 0 Å². The number of hydrogen-bond acceptors (Lipinski definition) is 2. The second-order valence-electron chi connectivity index (χ2n) is 13.1. The van der Waals surface area contributed by atoms with Gasteiger partial charge in [0.1, 0.15) is 5.75 Å². The average molecular weight is 509 g/mol. The van der Waals surface area contributed by atoms with Gasteiger partial charge in [0.05, 0.1) is 5.92 Å². The molecule has 37 heavy (non-hydrogen) atoms. The topological polar surface area (TPSA) is 26.3 Å². The van der Waals surface area contributed by atoms with Gasteiger partial charge in [0.15, 0.2) is 0 Å². The normalized spacial score (nSPS) is 30.6. The molecule has 3 fully saturated rings. The van der Waals surface area contributed by atoms with Gasteiger partial charge in [-0.05, 0) is 111 Å². The minimum absolute atomic E-state index is 0.0124. The van der Waals surface area contributed by atoms with Gasteiger partial charge in [-0.25, -0.2) is 0 Å². The van der Waals surface area contributed by atoms with Crippen LogP contribution < -0.4 is 4.74 Å². The molecule has 0 spiro atoms. The zero-order chi connectivity index (χ0) is 25.9. The molecule has 0 saturated heterocycles. The number of rotatable bonds is 12. The summed E-state index contributed by atoms with van der Waals surface area (Å²) in [6, 6.07) is 8.54. The fourth-order valence-electron chi connectivity index (χ4n) is 7.93. The Labute approximate surface area is 228 Å². The van der Waals surface area contributed by atoms with Crippen molar-refractivity contribution in [3.05, 3.63) is 29.8 Å². The second-order valence-corrected chi connectivity index (χ2v) is 13.1. The van der Waals surface area contributed by atoms with Gasteiger partial charge in [-0.1, -0.05) is 90.2 Å². The van der Waals surface area contributed by atoms with Crippen LogP contribution in [0.4, 0.5) is 0 Å². The first-order valence-corrected chi connectivity index (χ1v) is 16.5. The van der Waals surface area contributed by atoms with Crippen LogP contribution in [0.2, 0.25) is 0 Å².